The SMILES string of the molecule is CC(C)c1cc2c(cc1NC(=O)c1cnn3cccnc13)CN(C[C@@H](C)C(C)(C)O)C2=O. The molecule has 0 spiro atoms. The van der Waals surface area contributed by atoms with Crippen LogP contribution in [0.3, 0.4) is 0 Å². The summed E-state index contributed by atoms with van der Waals surface area (Å²) in [5, 5.41) is 17.5. The number of nitrogens with zero attached hydrogens (tertiary/aromatic N) is 4. The van der Waals surface area contributed by atoms with Gasteiger partial charge in [-0.25, -0.2) is 9.50 Å². The monoisotopic (exact) mass is 435 g/mol. The number of benzene rings is 1. The van der Waals surface area contributed by atoms with Gasteiger partial charge in [0.25, 0.3) is 11.8 Å². The summed E-state index contributed by atoms with van der Waals surface area (Å²) < 4.78 is 1.56. The van der Waals surface area contributed by atoms with Gasteiger partial charge in [-0.3, -0.25) is 9.59 Å². The van der Waals surface area contributed by atoms with Gasteiger partial charge < -0.3 is 15.3 Å². The van der Waals surface area contributed by atoms with Crippen molar-refractivity contribution in [2.75, 3.05) is 11.9 Å². The van der Waals surface area contributed by atoms with Crippen LogP contribution in [0, 0.1) is 5.92 Å². The lowest BCUT2D eigenvalue weighted by molar-refractivity contribution is 0.00984. The van der Waals surface area contributed by atoms with E-state index in [0.29, 0.717) is 35.6 Å². The quantitative estimate of drug-likeness (QED) is 0.618. The number of hydrogen-bond donors (Lipinski definition) is 2. The van der Waals surface area contributed by atoms with Gasteiger partial charge in [-0.05, 0) is 49.1 Å². The van der Waals surface area contributed by atoms with E-state index in [4.69, 9.17) is 0 Å². The highest BCUT2D eigenvalue weighted by Crippen LogP contribution is 2.34. The molecule has 1 aliphatic rings. The number of carbonyl (C=O) groups excluding carboxylic acids is 2. The summed E-state index contributed by atoms with van der Waals surface area (Å²) in [4.78, 5) is 32.1. The molecule has 1 aromatic carbocycles. The van der Waals surface area contributed by atoms with Crippen LogP contribution >= 0.6 is 0 Å². The maximum absolute atomic E-state index is 13.0. The van der Waals surface area contributed by atoms with Gasteiger partial charge in [-0.1, -0.05) is 20.8 Å². The second-order valence-electron chi connectivity index (χ2n) is 9.39. The average molecular weight is 436 g/mol. The minimum atomic E-state index is -0.875. The molecule has 0 aliphatic carbocycles. The molecule has 0 bridgehead atoms. The Hall–Kier alpha value is -3.26. The van der Waals surface area contributed by atoms with Gasteiger partial charge in [-0.15, -0.1) is 0 Å². The van der Waals surface area contributed by atoms with Crippen molar-refractivity contribution in [3.63, 3.8) is 0 Å². The first-order valence-corrected chi connectivity index (χ1v) is 10.8. The van der Waals surface area contributed by atoms with Crippen molar-refractivity contribution >= 4 is 23.1 Å². The second-order valence-corrected chi connectivity index (χ2v) is 9.39. The van der Waals surface area contributed by atoms with E-state index in [0.717, 1.165) is 11.1 Å². The van der Waals surface area contributed by atoms with Crippen molar-refractivity contribution in [3.8, 4) is 0 Å². The van der Waals surface area contributed by atoms with Crippen LogP contribution in [0.5, 0.6) is 0 Å². The van der Waals surface area contributed by atoms with E-state index in [1.807, 2.05) is 32.9 Å². The standard InChI is InChI=1S/C24H29N5O3/c1-14(2)17-10-18-16(13-28(23(18)31)12-15(3)24(4,5)32)9-20(17)27-22(30)19-11-26-29-8-6-7-25-21(19)29/h6-11,14-15,32H,12-13H2,1-5H3,(H,27,30)/t15-/m1/s1. The molecule has 0 saturated heterocycles. The summed E-state index contributed by atoms with van der Waals surface area (Å²) in [6.07, 6.45) is 4.86. The van der Waals surface area contributed by atoms with Gasteiger partial charge in [0.15, 0.2) is 5.65 Å². The van der Waals surface area contributed by atoms with Gasteiger partial charge in [0.05, 0.1) is 11.8 Å². The molecule has 0 unspecified atom stereocenters. The Bertz CT molecular complexity index is 1190. The number of anilines is 1. The Morgan fingerprint density at radius 3 is 2.72 bits per heavy atom. The van der Waals surface area contributed by atoms with E-state index in [1.165, 1.54) is 6.20 Å². The minimum Gasteiger partial charge on any atom is -0.390 e. The molecule has 168 valence electrons. The van der Waals surface area contributed by atoms with Crippen LogP contribution in [0.1, 0.15) is 72.4 Å². The van der Waals surface area contributed by atoms with Crippen molar-refractivity contribution in [1.82, 2.24) is 19.5 Å². The minimum absolute atomic E-state index is 0.0392. The van der Waals surface area contributed by atoms with Crippen LogP contribution in [-0.4, -0.2) is 48.6 Å². The summed E-state index contributed by atoms with van der Waals surface area (Å²) >= 11 is 0. The maximum Gasteiger partial charge on any atom is 0.261 e. The van der Waals surface area contributed by atoms with Crippen LogP contribution < -0.4 is 5.32 Å². The Morgan fingerprint density at radius 1 is 1.28 bits per heavy atom. The smallest absolute Gasteiger partial charge is 0.261 e. The number of aromatic nitrogens is 3. The van der Waals surface area contributed by atoms with E-state index in [9.17, 15) is 14.7 Å². The third-order valence-electron chi connectivity index (χ3n) is 6.25. The van der Waals surface area contributed by atoms with Crippen molar-refractivity contribution < 1.29 is 14.7 Å². The highest BCUT2D eigenvalue weighted by molar-refractivity contribution is 6.09. The molecule has 1 atom stereocenters. The van der Waals surface area contributed by atoms with Crippen molar-refractivity contribution in [3.05, 3.63) is 59.0 Å². The molecule has 8 nitrogen and oxygen atoms in total. The maximum atomic E-state index is 13.0. The van der Waals surface area contributed by atoms with Crippen LogP contribution in [-0.2, 0) is 6.54 Å². The highest BCUT2D eigenvalue weighted by atomic mass is 16.3. The van der Waals surface area contributed by atoms with E-state index in [2.05, 4.69) is 15.4 Å². The predicted molar refractivity (Wildman–Crippen MR) is 122 cm³/mol. The van der Waals surface area contributed by atoms with Gasteiger partial charge in [0.1, 0.15) is 5.56 Å². The Kier molecular flexibility index (Phi) is 5.50. The summed E-state index contributed by atoms with van der Waals surface area (Å²) in [6.45, 7) is 10.4. The lowest BCUT2D eigenvalue weighted by Crippen LogP contribution is -2.39. The van der Waals surface area contributed by atoms with Gasteiger partial charge >= 0.3 is 0 Å². The number of amides is 2. The van der Waals surface area contributed by atoms with Gasteiger partial charge in [-0.2, -0.15) is 5.10 Å². The molecule has 3 heterocycles. The molecular formula is C24H29N5O3. The number of carbonyl (C=O) groups is 2. The molecule has 4 rings (SSSR count). The number of nitrogens with one attached hydrogen (secondary N) is 1. The normalized spacial score (nSPS) is 14.8. The molecule has 2 aromatic heterocycles. The average Bonchev–Trinajstić information content (AvgIpc) is 3.28. The van der Waals surface area contributed by atoms with Crippen molar-refractivity contribution in [1.29, 1.82) is 0 Å². The molecule has 32 heavy (non-hydrogen) atoms. The molecule has 0 saturated carbocycles. The molecule has 2 amide bonds. The van der Waals surface area contributed by atoms with Crippen molar-refractivity contribution in [2.24, 2.45) is 5.92 Å². The summed E-state index contributed by atoms with van der Waals surface area (Å²) in [7, 11) is 0. The van der Waals surface area contributed by atoms with E-state index in [-0.39, 0.29) is 23.7 Å². The molecule has 1 aliphatic heterocycles. The zero-order chi connectivity index (χ0) is 23.2. The predicted octanol–water partition coefficient (Wildman–Crippen LogP) is 3.47. The zero-order valence-electron chi connectivity index (χ0n) is 19.1. The third-order valence-corrected chi connectivity index (χ3v) is 6.25. The summed E-state index contributed by atoms with van der Waals surface area (Å²) in [5.74, 6) is -0.303. The Balaban J connectivity index is 1.63. The number of hydrogen-bond acceptors (Lipinski definition) is 5. The lowest BCUT2D eigenvalue weighted by Gasteiger charge is -2.29. The largest absolute Gasteiger partial charge is 0.390 e. The molecule has 0 radical (unpaired) electrons. The van der Waals surface area contributed by atoms with Gasteiger partial charge in [0, 0.05) is 42.7 Å². The molecular weight excluding hydrogens is 406 g/mol. The molecule has 8 heteroatoms. The lowest BCUT2D eigenvalue weighted by atomic mass is 9.92. The second kappa shape index (κ2) is 8.02. The first-order valence-electron chi connectivity index (χ1n) is 10.8. The molecule has 2 N–H and O–H groups in total. The zero-order valence-corrected chi connectivity index (χ0v) is 19.1. The topological polar surface area (TPSA) is 99.8 Å². The van der Waals surface area contributed by atoms with Crippen LogP contribution in [0.15, 0.2) is 36.8 Å². The summed E-state index contributed by atoms with van der Waals surface area (Å²) in [5.41, 5.74) is 3.11. The van der Waals surface area contributed by atoms with E-state index >= 15 is 0 Å². The fraction of sp³-hybridized carbons (Fsp3) is 0.417. The number of rotatable bonds is 6. The fourth-order valence-corrected chi connectivity index (χ4v) is 3.90. The number of aliphatic hydroxyl groups is 1. The molecule has 3 aromatic rings. The Morgan fingerprint density at radius 2 is 2.03 bits per heavy atom. The van der Waals surface area contributed by atoms with Crippen LogP contribution in [0.25, 0.3) is 5.65 Å². The van der Waals surface area contributed by atoms with E-state index in [1.54, 1.807) is 41.7 Å². The summed E-state index contributed by atoms with van der Waals surface area (Å²) in [6, 6.07) is 5.54. The third kappa shape index (κ3) is 3.98. The highest BCUT2D eigenvalue weighted by Gasteiger charge is 2.33. The van der Waals surface area contributed by atoms with Crippen LogP contribution in [0.2, 0.25) is 0 Å². The number of fused-ring (bicyclic) bond motifs is 2. The first-order chi connectivity index (χ1) is 15.1. The van der Waals surface area contributed by atoms with Crippen molar-refractivity contribution in [2.45, 2.75) is 52.7 Å². The Labute approximate surface area is 187 Å². The van der Waals surface area contributed by atoms with E-state index < -0.39 is 5.60 Å². The molecule has 0 fully saturated rings. The first kappa shape index (κ1) is 22.0. The van der Waals surface area contributed by atoms with Gasteiger partial charge in [0.2, 0.25) is 0 Å². The fourth-order valence-electron chi connectivity index (χ4n) is 3.90. The van der Waals surface area contributed by atoms with Crippen LogP contribution in [0.4, 0.5) is 5.69 Å².